The molecule has 1 atom stereocenters. The average molecular weight is 363 g/mol. The van der Waals surface area contributed by atoms with Crippen molar-refractivity contribution in [3.63, 3.8) is 0 Å². The summed E-state index contributed by atoms with van der Waals surface area (Å²) >= 11 is 0.972. The fraction of sp³-hybridized carbons (Fsp3) is 0.333. The maximum Gasteiger partial charge on any atom is 0.345 e. The molecule has 1 aromatic heterocycles. The number of benzene rings is 1. The molecular weight excluding hydrogens is 342 g/mol. The van der Waals surface area contributed by atoms with E-state index in [0.29, 0.717) is 22.9 Å². The zero-order chi connectivity index (χ0) is 18.4. The van der Waals surface area contributed by atoms with Gasteiger partial charge in [0.1, 0.15) is 4.88 Å². The molecule has 25 heavy (non-hydrogen) atoms. The fourth-order valence-corrected chi connectivity index (χ4v) is 3.17. The van der Waals surface area contributed by atoms with Crippen LogP contribution in [0.4, 0.5) is 0 Å². The van der Waals surface area contributed by atoms with Gasteiger partial charge in [-0.15, -0.1) is 11.3 Å². The third kappa shape index (κ3) is 4.96. The lowest BCUT2D eigenvalue weighted by Crippen LogP contribution is -2.28. The molecule has 2 aromatic rings. The first-order valence-corrected chi connectivity index (χ1v) is 8.58. The number of aromatic carboxylic acids is 1. The number of carboxylic acids is 1. The van der Waals surface area contributed by atoms with Crippen LogP contribution in [0.5, 0.6) is 11.5 Å². The molecule has 0 aliphatic heterocycles. The van der Waals surface area contributed by atoms with E-state index < -0.39 is 5.97 Å². The third-order valence-corrected chi connectivity index (χ3v) is 4.76. The number of nitrogens with one attached hydrogen (secondary N) is 1. The lowest BCUT2D eigenvalue weighted by Gasteiger charge is -2.14. The van der Waals surface area contributed by atoms with E-state index in [-0.39, 0.29) is 16.7 Å². The van der Waals surface area contributed by atoms with Crippen LogP contribution < -0.4 is 14.8 Å². The summed E-state index contributed by atoms with van der Waals surface area (Å²) in [7, 11) is 3.19. The molecule has 0 bridgehead atoms. The van der Waals surface area contributed by atoms with Gasteiger partial charge in [-0.05, 0) is 42.2 Å². The molecule has 2 rings (SSSR count). The van der Waals surface area contributed by atoms with Crippen molar-refractivity contribution < 1.29 is 24.2 Å². The van der Waals surface area contributed by atoms with Crippen LogP contribution in [0.15, 0.2) is 30.3 Å². The minimum atomic E-state index is -1.02. The largest absolute Gasteiger partial charge is 0.493 e. The number of carbonyl (C=O) groups is 2. The molecule has 1 heterocycles. The van der Waals surface area contributed by atoms with Crippen LogP contribution in [0.25, 0.3) is 0 Å². The lowest BCUT2D eigenvalue weighted by molar-refractivity contribution is 0.0702. The van der Waals surface area contributed by atoms with Gasteiger partial charge in [0.15, 0.2) is 11.5 Å². The van der Waals surface area contributed by atoms with Crippen LogP contribution in [0, 0.1) is 5.92 Å². The van der Waals surface area contributed by atoms with Crippen LogP contribution in [0.2, 0.25) is 0 Å². The molecule has 7 heteroatoms. The second-order valence-corrected chi connectivity index (χ2v) is 6.76. The number of thiophene rings is 1. The molecule has 0 saturated carbocycles. The Hall–Kier alpha value is -2.54. The quantitative estimate of drug-likeness (QED) is 0.753. The summed E-state index contributed by atoms with van der Waals surface area (Å²) in [6.45, 7) is 2.53. The van der Waals surface area contributed by atoms with Crippen molar-refractivity contribution in [1.29, 1.82) is 0 Å². The van der Waals surface area contributed by atoms with E-state index in [4.69, 9.17) is 14.6 Å². The number of methoxy groups -OCH3 is 2. The van der Waals surface area contributed by atoms with Gasteiger partial charge in [0, 0.05) is 6.54 Å². The highest BCUT2D eigenvalue weighted by Gasteiger charge is 2.14. The van der Waals surface area contributed by atoms with E-state index >= 15 is 0 Å². The van der Waals surface area contributed by atoms with Crippen LogP contribution in [0.3, 0.4) is 0 Å². The van der Waals surface area contributed by atoms with Gasteiger partial charge in [-0.25, -0.2) is 4.79 Å². The number of carboxylic acid groups (broad SMARTS) is 1. The van der Waals surface area contributed by atoms with Crippen molar-refractivity contribution in [2.75, 3.05) is 20.8 Å². The molecule has 134 valence electrons. The van der Waals surface area contributed by atoms with Crippen molar-refractivity contribution >= 4 is 23.2 Å². The molecule has 0 aliphatic carbocycles. The molecule has 0 fully saturated rings. The second kappa shape index (κ2) is 8.53. The van der Waals surface area contributed by atoms with Crippen LogP contribution >= 0.6 is 11.3 Å². The molecule has 2 N–H and O–H groups in total. The molecule has 0 saturated heterocycles. The van der Waals surface area contributed by atoms with E-state index in [1.54, 1.807) is 14.2 Å². The minimum absolute atomic E-state index is 0.156. The highest BCUT2D eigenvalue weighted by molar-refractivity contribution is 7.15. The Kier molecular flexibility index (Phi) is 6.41. The minimum Gasteiger partial charge on any atom is -0.493 e. The standard InChI is InChI=1S/C18H21NO5S/c1-11(8-12-4-5-13(23-2)14(9-12)24-3)10-19-17(20)15-6-7-16(25-15)18(21)22/h4-7,9,11H,8,10H2,1-3H3,(H,19,20)(H,21,22). The van der Waals surface area contributed by atoms with Crippen molar-refractivity contribution in [1.82, 2.24) is 5.32 Å². The number of hydrogen-bond donors (Lipinski definition) is 2. The summed E-state index contributed by atoms with van der Waals surface area (Å²) < 4.78 is 10.5. The predicted molar refractivity (Wildman–Crippen MR) is 96.0 cm³/mol. The summed E-state index contributed by atoms with van der Waals surface area (Å²) in [4.78, 5) is 23.5. The first-order valence-electron chi connectivity index (χ1n) is 7.76. The van der Waals surface area contributed by atoms with Gasteiger partial charge >= 0.3 is 5.97 Å². The number of carbonyl (C=O) groups excluding carboxylic acids is 1. The lowest BCUT2D eigenvalue weighted by atomic mass is 10.0. The van der Waals surface area contributed by atoms with E-state index in [1.165, 1.54) is 12.1 Å². The molecule has 1 unspecified atom stereocenters. The molecular formula is C18H21NO5S. The van der Waals surface area contributed by atoms with Crippen molar-refractivity contribution in [3.8, 4) is 11.5 Å². The summed E-state index contributed by atoms with van der Waals surface area (Å²) in [5.41, 5.74) is 1.09. The van der Waals surface area contributed by atoms with Crippen molar-refractivity contribution in [3.05, 3.63) is 45.6 Å². The van der Waals surface area contributed by atoms with E-state index in [2.05, 4.69) is 5.32 Å². The van der Waals surface area contributed by atoms with Crippen molar-refractivity contribution in [2.24, 2.45) is 5.92 Å². The van der Waals surface area contributed by atoms with E-state index in [0.717, 1.165) is 23.3 Å². The zero-order valence-corrected chi connectivity index (χ0v) is 15.2. The van der Waals surface area contributed by atoms with Gasteiger partial charge in [0.25, 0.3) is 5.91 Å². The second-order valence-electron chi connectivity index (χ2n) is 5.68. The normalized spacial score (nSPS) is 11.6. The Labute approximate surface area is 150 Å². The topological polar surface area (TPSA) is 84.9 Å². The van der Waals surface area contributed by atoms with E-state index in [9.17, 15) is 9.59 Å². The maximum atomic E-state index is 12.1. The highest BCUT2D eigenvalue weighted by Crippen LogP contribution is 2.28. The summed E-state index contributed by atoms with van der Waals surface area (Å²) in [5.74, 6) is 0.290. The van der Waals surface area contributed by atoms with E-state index in [1.807, 2.05) is 25.1 Å². The van der Waals surface area contributed by atoms with Crippen LogP contribution in [-0.4, -0.2) is 37.7 Å². The van der Waals surface area contributed by atoms with Crippen molar-refractivity contribution in [2.45, 2.75) is 13.3 Å². The van der Waals surface area contributed by atoms with Gasteiger partial charge in [-0.2, -0.15) is 0 Å². The first kappa shape index (κ1) is 18.8. The Balaban J connectivity index is 1.90. The Morgan fingerprint density at radius 3 is 2.40 bits per heavy atom. The van der Waals surface area contributed by atoms with Gasteiger partial charge in [-0.1, -0.05) is 13.0 Å². The monoisotopic (exact) mass is 363 g/mol. The number of hydrogen-bond acceptors (Lipinski definition) is 5. The molecule has 0 aliphatic rings. The predicted octanol–water partition coefficient (Wildman–Crippen LogP) is 3.07. The third-order valence-electron chi connectivity index (χ3n) is 3.68. The summed E-state index contributed by atoms with van der Waals surface area (Å²) in [6.07, 6.45) is 0.769. The summed E-state index contributed by atoms with van der Waals surface area (Å²) in [5, 5.41) is 11.7. The average Bonchev–Trinajstić information content (AvgIpc) is 3.10. The fourth-order valence-electron chi connectivity index (χ4n) is 2.41. The van der Waals surface area contributed by atoms with Crippen LogP contribution in [-0.2, 0) is 6.42 Å². The van der Waals surface area contributed by atoms with Gasteiger partial charge in [0.2, 0.25) is 0 Å². The molecule has 0 radical (unpaired) electrons. The zero-order valence-electron chi connectivity index (χ0n) is 14.4. The Morgan fingerprint density at radius 1 is 1.12 bits per heavy atom. The molecule has 1 aromatic carbocycles. The SMILES string of the molecule is COc1ccc(CC(C)CNC(=O)c2ccc(C(=O)O)s2)cc1OC. The van der Waals surface area contributed by atoms with Gasteiger partial charge in [0.05, 0.1) is 19.1 Å². The van der Waals surface area contributed by atoms with Gasteiger partial charge in [-0.3, -0.25) is 4.79 Å². The highest BCUT2D eigenvalue weighted by atomic mass is 32.1. The number of amides is 1. The van der Waals surface area contributed by atoms with Gasteiger partial charge < -0.3 is 19.9 Å². The molecule has 0 spiro atoms. The smallest absolute Gasteiger partial charge is 0.345 e. The Morgan fingerprint density at radius 2 is 1.80 bits per heavy atom. The Bertz CT molecular complexity index is 756. The molecule has 6 nitrogen and oxygen atoms in total. The summed E-state index contributed by atoms with van der Waals surface area (Å²) in [6, 6.07) is 8.73. The molecule has 1 amide bonds. The number of ether oxygens (including phenoxy) is 2. The van der Waals surface area contributed by atoms with Crippen LogP contribution in [0.1, 0.15) is 31.8 Å². The number of rotatable bonds is 8. The maximum absolute atomic E-state index is 12.1. The first-order chi connectivity index (χ1) is 11.9.